The zero-order chi connectivity index (χ0) is 18.1. The molecule has 1 N–H and O–H groups in total. The van der Waals surface area contributed by atoms with Gasteiger partial charge < -0.3 is 19.6 Å². The monoisotopic (exact) mass is 464 g/mol. The molecule has 0 saturated carbocycles. The molecule has 0 bridgehead atoms. The van der Waals surface area contributed by atoms with Gasteiger partial charge in [0.05, 0.1) is 11.7 Å². The van der Waals surface area contributed by atoms with Crippen LogP contribution in [0.2, 0.25) is 0 Å². The van der Waals surface area contributed by atoms with Gasteiger partial charge >= 0.3 is 5.63 Å². The number of nitrogens with one attached hydrogen (secondary N) is 1. The Balaban J connectivity index is 2.02. The quantitative estimate of drug-likeness (QED) is 0.599. The van der Waals surface area contributed by atoms with Gasteiger partial charge in [-0.1, -0.05) is 31.9 Å². The van der Waals surface area contributed by atoms with Crippen molar-refractivity contribution in [3.05, 3.63) is 73.0 Å². The zero-order valence-corrected chi connectivity index (χ0v) is 15.5. The summed E-state index contributed by atoms with van der Waals surface area (Å²) < 4.78 is 6.40. The molecule has 0 fully saturated rings. The number of halogens is 2. The van der Waals surface area contributed by atoms with Gasteiger partial charge in [0.15, 0.2) is 0 Å². The number of benzene rings is 2. The summed E-state index contributed by atoms with van der Waals surface area (Å²) in [5.41, 5.74) is -0.918. The topological polar surface area (TPSA) is 99.4 Å². The third-order valence-electron chi connectivity index (χ3n) is 3.39. The summed E-state index contributed by atoms with van der Waals surface area (Å²) in [4.78, 5) is 35.7. The first-order valence-electron chi connectivity index (χ1n) is 6.91. The molecule has 8 heteroatoms. The molecule has 0 aliphatic heterocycles. The normalized spacial score (nSPS) is 10.6. The summed E-state index contributed by atoms with van der Waals surface area (Å²) in [5.74, 6) is -2.23. The van der Waals surface area contributed by atoms with E-state index in [4.69, 9.17) is 4.42 Å². The van der Waals surface area contributed by atoms with E-state index in [-0.39, 0.29) is 16.8 Å². The van der Waals surface area contributed by atoms with Crippen molar-refractivity contribution in [3.8, 4) is 0 Å². The number of fused-ring (bicyclic) bond motifs is 1. The van der Waals surface area contributed by atoms with Crippen LogP contribution in [0.4, 0.5) is 5.69 Å². The van der Waals surface area contributed by atoms with E-state index in [9.17, 15) is 19.5 Å². The summed E-state index contributed by atoms with van der Waals surface area (Å²) in [6, 6.07) is 10.6. The van der Waals surface area contributed by atoms with Gasteiger partial charge in [-0.25, -0.2) is 4.79 Å². The number of carboxylic acid groups (broad SMARTS) is 1. The van der Waals surface area contributed by atoms with Crippen LogP contribution in [-0.2, 0) is 0 Å². The van der Waals surface area contributed by atoms with E-state index >= 15 is 0 Å². The average molecular weight is 466 g/mol. The van der Waals surface area contributed by atoms with Gasteiger partial charge in [-0.15, -0.1) is 0 Å². The lowest BCUT2D eigenvalue weighted by Gasteiger charge is -2.12. The second-order valence-corrected chi connectivity index (χ2v) is 6.89. The van der Waals surface area contributed by atoms with Gasteiger partial charge in [0.1, 0.15) is 11.1 Å². The molecular weight excluding hydrogens is 458 g/mol. The molecule has 3 aromatic rings. The summed E-state index contributed by atoms with van der Waals surface area (Å²) >= 11 is 6.45. The lowest BCUT2D eigenvalue weighted by molar-refractivity contribution is -0.254. The lowest BCUT2D eigenvalue weighted by atomic mass is 10.1. The second kappa shape index (κ2) is 6.81. The predicted octanol–water partition coefficient (Wildman–Crippen LogP) is 2.93. The molecule has 0 aliphatic carbocycles. The van der Waals surface area contributed by atoms with E-state index in [0.717, 1.165) is 4.47 Å². The summed E-state index contributed by atoms with van der Waals surface area (Å²) in [5, 5.41) is 14.2. The third kappa shape index (κ3) is 3.64. The van der Waals surface area contributed by atoms with E-state index in [1.807, 2.05) is 0 Å². The third-order valence-corrected chi connectivity index (χ3v) is 4.38. The van der Waals surface area contributed by atoms with Crippen molar-refractivity contribution in [2.24, 2.45) is 0 Å². The average Bonchev–Trinajstić information content (AvgIpc) is 2.56. The Hall–Kier alpha value is -2.45. The van der Waals surface area contributed by atoms with Gasteiger partial charge in [-0.3, -0.25) is 4.79 Å². The Morgan fingerprint density at radius 2 is 1.64 bits per heavy atom. The van der Waals surface area contributed by atoms with Gasteiger partial charge in [-0.2, -0.15) is 0 Å². The second-order valence-electron chi connectivity index (χ2n) is 5.06. The predicted molar refractivity (Wildman–Crippen MR) is 96.6 cm³/mol. The molecule has 0 aliphatic rings. The maximum atomic E-state index is 12.4. The Bertz CT molecular complexity index is 1070. The standard InChI is InChI=1S/C17H9Br2NO5/c18-9-2-4-14-8(5-9)6-12(17(24)25-14)15(21)20-13-3-1-10(19)7-11(13)16(22)23/h1-7H,(H,20,21)(H,22,23)/p-1. The minimum absolute atomic E-state index is 0.0157. The Morgan fingerprint density at radius 1 is 0.960 bits per heavy atom. The van der Waals surface area contributed by atoms with Crippen molar-refractivity contribution in [1.29, 1.82) is 0 Å². The van der Waals surface area contributed by atoms with Crippen LogP contribution < -0.4 is 16.0 Å². The van der Waals surface area contributed by atoms with Crippen LogP contribution in [0.5, 0.6) is 0 Å². The van der Waals surface area contributed by atoms with Crippen molar-refractivity contribution in [2.75, 3.05) is 5.32 Å². The number of anilines is 1. The highest BCUT2D eigenvalue weighted by molar-refractivity contribution is 9.10. The summed E-state index contributed by atoms with van der Waals surface area (Å²) in [7, 11) is 0. The Labute approximate surface area is 157 Å². The molecule has 3 rings (SSSR count). The largest absolute Gasteiger partial charge is 0.545 e. The number of carbonyl (C=O) groups excluding carboxylic acids is 2. The SMILES string of the molecule is O=C([O-])c1cc(Br)ccc1NC(=O)c1cc2cc(Br)ccc2oc1=O. The number of carbonyl (C=O) groups is 2. The van der Waals surface area contributed by atoms with Crippen molar-refractivity contribution < 1.29 is 19.1 Å². The smallest absolute Gasteiger partial charge is 0.349 e. The van der Waals surface area contributed by atoms with Gasteiger partial charge in [0, 0.05) is 19.9 Å². The van der Waals surface area contributed by atoms with Gasteiger partial charge in [-0.05, 0) is 42.5 Å². The van der Waals surface area contributed by atoms with E-state index in [0.29, 0.717) is 15.4 Å². The van der Waals surface area contributed by atoms with Crippen LogP contribution >= 0.6 is 31.9 Å². The van der Waals surface area contributed by atoms with Gasteiger partial charge in [0.25, 0.3) is 5.91 Å². The molecule has 0 saturated heterocycles. The maximum Gasteiger partial charge on any atom is 0.349 e. The molecule has 0 unspecified atom stereocenters. The maximum absolute atomic E-state index is 12.4. The molecule has 0 radical (unpaired) electrons. The number of aromatic carboxylic acids is 1. The first kappa shape index (κ1) is 17.4. The molecule has 0 spiro atoms. The zero-order valence-electron chi connectivity index (χ0n) is 12.3. The fraction of sp³-hybridized carbons (Fsp3) is 0. The number of carboxylic acids is 1. The van der Waals surface area contributed by atoms with Crippen molar-refractivity contribution >= 4 is 60.4 Å². The molecule has 0 atom stereocenters. The van der Waals surface area contributed by atoms with Crippen LogP contribution in [-0.4, -0.2) is 11.9 Å². The molecule has 1 heterocycles. The minimum Gasteiger partial charge on any atom is -0.545 e. The molecule has 25 heavy (non-hydrogen) atoms. The number of hydrogen-bond donors (Lipinski definition) is 1. The number of rotatable bonds is 3. The number of amides is 1. The van der Waals surface area contributed by atoms with E-state index in [1.165, 1.54) is 18.2 Å². The van der Waals surface area contributed by atoms with E-state index < -0.39 is 17.5 Å². The van der Waals surface area contributed by atoms with Crippen molar-refractivity contribution in [3.63, 3.8) is 0 Å². The lowest BCUT2D eigenvalue weighted by Crippen LogP contribution is -2.26. The van der Waals surface area contributed by atoms with E-state index in [2.05, 4.69) is 37.2 Å². The van der Waals surface area contributed by atoms with Crippen LogP contribution in [0.25, 0.3) is 11.0 Å². The van der Waals surface area contributed by atoms with Crippen molar-refractivity contribution in [1.82, 2.24) is 0 Å². The Morgan fingerprint density at radius 3 is 2.36 bits per heavy atom. The van der Waals surface area contributed by atoms with Crippen LogP contribution in [0.3, 0.4) is 0 Å². The van der Waals surface area contributed by atoms with Gasteiger partial charge in [0.2, 0.25) is 0 Å². The summed E-state index contributed by atoms with van der Waals surface area (Å²) in [6.45, 7) is 0. The molecule has 1 amide bonds. The fourth-order valence-electron chi connectivity index (χ4n) is 2.24. The molecule has 6 nitrogen and oxygen atoms in total. The molecule has 126 valence electrons. The van der Waals surface area contributed by atoms with Crippen molar-refractivity contribution in [2.45, 2.75) is 0 Å². The first-order valence-corrected chi connectivity index (χ1v) is 8.49. The fourth-order valence-corrected chi connectivity index (χ4v) is 2.98. The summed E-state index contributed by atoms with van der Waals surface area (Å²) in [6.07, 6.45) is 0. The number of hydrogen-bond acceptors (Lipinski definition) is 5. The highest BCUT2D eigenvalue weighted by Crippen LogP contribution is 2.22. The van der Waals surface area contributed by atoms with Crippen LogP contribution in [0.15, 0.2) is 60.6 Å². The van der Waals surface area contributed by atoms with Crippen LogP contribution in [0, 0.1) is 0 Å². The highest BCUT2D eigenvalue weighted by atomic mass is 79.9. The first-order chi connectivity index (χ1) is 11.8. The Kier molecular flexibility index (Phi) is 4.73. The minimum atomic E-state index is -1.45. The highest BCUT2D eigenvalue weighted by Gasteiger charge is 2.16. The van der Waals surface area contributed by atoms with Crippen LogP contribution in [0.1, 0.15) is 20.7 Å². The molecular formula is C17H8Br2NO5-. The molecule has 2 aromatic carbocycles. The molecule has 1 aromatic heterocycles. The van der Waals surface area contributed by atoms with E-state index in [1.54, 1.807) is 24.3 Å².